The number of nitrogens with zero attached hydrogens (tertiary/aromatic N) is 3. The predicted octanol–water partition coefficient (Wildman–Crippen LogP) is 3.76. The second-order valence-electron chi connectivity index (χ2n) is 8.98. The molecule has 30 heavy (non-hydrogen) atoms. The lowest BCUT2D eigenvalue weighted by atomic mass is 9.67. The van der Waals surface area contributed by atoms with Gasteiger partial charge in [-0.25, -0.2) is 15.0 Å². The molecule has 3 heterocycles. The molecule has 4 aliphatic rings. The largest absolute Gasteiger partial charge is 0.490 e. The monoisotopic (exact) mass is 422 g/mol. The molecule has 0 amide bonds. The summed E-state index contributed by atoms with van der Waals surface area (Å²) in [6, 6.07) is 6.38. The molecule has 6 nitrogen and oxygen atoms in total. The van der Waals surface area contributed by atoms with E-state index in [0.717, 1.165) is 60.0 Å². The molecule has 7 heteroatoms. The minimum Gasteiger partial charge on any atom is -0.490 e. The molecule has 2 fully saturated rings. The normalized spacial score (nSPS) is 32.3. The summed E-state index contributed by atoms with van der Waals surface area (Å²) >= 11 is 1.66. The molecule has 4 atom stereocenters. The van der Waals surface area contributed by atoms with Gasteiger partial charge in [-0.2, -0.15) is 0 Å². The standard InChI is InChI=1S/C23H26N4O2S/c24-22-27-23(12-30-22)18-7-15(16-9-25-13-26-10-16)3-5-20(18)29-21-6-4-17(8-19(21)23)28-11-14-1-2-14/h3,5,7,9-10,13-14,17,19,21H,1-2,4,6,8,11-12H2,(H2,24,27)/t17-,19-,21-,23+/m0/s1. The summed E-state index contributed by atoms with van der Waals surface area (Å²) in [7, 11) is 0. The number of aliphatic imine (C=N–C) groups is 1. The molecule has 0 radical (unpaired) electrons. The Morgan fingerprint density at radius 2 is 2.00 bits per heavy atom. The van der Waals surface area contributed by atoms with E-state index in [0.29, 0.717) is 11.3 Å². The fourth-order valence-corrected chi connectivity index (χ4v) is 6.22. The summed E-state index contributed by atoms with van der Waals surface area (Å²) < 4.78 is 12.8. The smallest absolute Gasteiger partial charge is 0.154 e. The van der Waals surface area contributed by atoms with Crippen molar-refractivity contribution in [3.8, 4) is 16.9 Å². The third kappa shape index (κ3) is 3.19. The van der Waals surface area contributed by atoms with Gasteiger partial charge in [-0.3, -0.25) is 0 Å². The molecule has 0 bridgehead atoms. The average Bonchev–Trinajstić information content (AvgIpc) is 3.54. The maximum absolute atomic E-state index is 6.53. The lowest BCUT2D eigenvalue weighted by Gasteiger charge is -2.48. The van der Waals surface area contributed by atoms with Gasteiger partial charge in [0.15, 0.2) is 5.17 Å². The van der Waals surface area contributed by atoms with Crippen molar-refractivity contribution in [2.45, 2.75) is 49.9 Å². The van der Waals surface area contributed by atoms with E-state index in [4.69, 9.17) is 20.2 Å². The highest BCUT2D eigenvalue weighted by atomic mass is 32.2. The van der Waals surface area contributed by atoms with Gasteiger partial charge >= 0.3 is 0 Å². The highest BCUT2D eigenvalue weighted by Gasteiger charge is 2.54. The predicted molar refractivity (Wildman–Crippen MR) is 117 cm³/mol. The Hall–Kier alpha value is -2.12. The van der Waals surface area contributed by atoms with Crippen LogP contribution in [0.2, 0.25) is 0 Å². The Balaban J connectivity index is 1.38. The first kappa shape index (κ1) is 18.6. The summed E-state index contributed by atoms with van der Waals surface area (Å²) in [6.45, 7) is 0.908. The molecular weight excluding hydrogens is 396 g/mol. The number of benzene rings is 1. The van der Waals surface area contributed by atoms with Crippen molar-refractivity contribution in [3.05, 3.63) is 42.5 Å². The van der Waals surface area contributed by atoms with Gasteiger partial charge in [0.2, 0.25) is 0 Å². The zero-order valence-electron chi connectivity index (χ0n) is 16.9. The van der Waals surface area contributed by atoms with Crippen molar-refractivity contribution in [3.63, 3.8) is 0 Å². The molecule has 1 aromatic carbocycles. The van der Waals surface area contributed by atoms with Crippen LogP contribution >= 0.6 is 11.8 Å². The summed E-state index contributed by atoms with van der Waals surface area (Å²) in [5.74, 6) is 2.86. The Morgan fingerprint density at radius 3 is 2.77 bits per heavy atom. The number of hydrogen-bond donors (Lipinski definition) is 1. The average molecular weight is 423 g/mol. The minimum atomic E-state index is -0.347. The summed E-state index contributed by atoms with van der Waals surface area (Å²) in [6.07, 6.45) is 11.4. The molecule has 2 saturated carbocycles. The third-order valence-electron chi connectivity index (χ3n) is 6.98. The van der Waals surface area contributed by atoms with Crippen LogP contribution in [0.5, 0.6) is 5.75 Å². The van der Waals surface area contributed by atoms with Crippen LogP contribution in [0.3, 0.4) is 0 Å². The molecule has 2 aromatic rings. The van der Waals surface area contributed by atoms with Gasteiger partial charge in [0.05, 0.1) is 6.10 Å². The first-order chi connectivity index (χ1) is 14.7. The fourth-order valence-electron chi connectivity index (χ4n) is 5.19. The number of fused-ring (bicyclic) bond motifs is 4. The van der Waals surface area contributed by atoms with E-state index in [1.807, 2.05) is 12.4 Å². The van der Waals surface area contributed by atoms with Gasteiger partial charge in [0.1, 0.15) is 23.7 Å². The summed E-state index contributed by atoms with van der Waals surface area (Å²) in [4.78, 5) is 13.4. The van der Waals surface area contributed by atoms with Crippen LogP contribution in [0.15, 0.2) is 41.9 Å². The van der Waals surface area contributed by atoms with E-state index in [1.165, 1.54) is 12.8 Å². The van der Waals surface area contributed by atoms with Gasteiger partial charge in [-0.05, 0) is 55.7 Å². The Kier molecular flexibility index (Phi) is 4.49. The minimum absolute atomic E-state index is 0.166. The van der Waals surface area contributed by atoms with Crippen LogP contribution in [0.25, 0.3) is 11.1 Å². The number of rotatable bonds is 4. The number of hydrogen-bond acceptors (Lipinski definition) is 7. The molecule has 1 spiro atoms. The maximum Gasteiger partial charge on any atom is 0.154 e. The molecule has 6 rings (SSSR count). The number of aromatic nitrogens is 2. The Bertz CT molecular complexity index is 980. The van der Waals surface area contributed by atoms with Crippen LogP contribution in [-0.2, 0) is 10.3 Å². The van der Waals surface area contributed by atoms with Crippen LogP contribution in [0.4, 0.5) is 0 Å². The van der Waals surface area contributed by atoms with Crippen LogP contribution in [-0.4, -0.2) is 39.7 Å². The Morgan fingerprint density at radius 1 is 1.13 bits per heavy atom. The quantitative estimate of drug-likeness (QED) is 0.808. The van der Waals surface area contributed by atoms with E-state index in [-0.39, 0.29) is 17.6 Å². The van der Waals surface area contributed by atoms with Crippen molar-refractivity contribution in [1.82, 2.24) is 9.97 Å². The van der Waals surface area contributed by atoms with E-state index in [2.05, 4.69) is 28.2 Å². The highest BCUT2D eigenvalue weighted by molar-refractivity contribution is 8.14. The second kappa shape index (κ2) is 7.24. The number of amidine groups is 1. The van der Waals surface area contributed by atoms with E-state index in [9.17, 15) is 0 Å². The fraction of sp³-hybridized carbons (Fsp3) is 0.522. The molecule has 156 valence electrons. The zero-order valence-corrected chi connectivity index (χ0v) is 17.7. The van der Waals surface area contributed by atoms with Gasteiger partial charge in [0.25, 0.3) is 0 Å². The van der Waals surface area contributed by atoms with Gasteiger partial charge in [0, 0.05) is 41.8 Å². The van der Waals surface area contributed by atoms with Crippen molar-refractivity contribution >= 4 is 16.9 Å². The molecule has 2 aliphatic carbocycles. The van der Waals surface area contributed by atoms with E-state index < -0.39 is 0 Å². The third-order valence-corrected chi connectivity index (χ3v) is 7.96. The van der Waals surface area contributed by atoms with Crippen LogP contribution < -0.4 is 10.5 Å². The van der Waals surface area contributed by atoms with Crippen molar-refractivity contribution in [2.75, 3.05) is 12.4 Å². The topological polar surface area (TPSA) is 82.6 Å². The molecule has 2 aliphatic heterocycles. The first-order valence-corrected chi connectivity index (χ1v) is 11.9. The zero-order chi connectivity index (χ0) is 20.1. The molecule has 0 unspecified atom stereocenters. The van der Waals surface area contributed by atoms with Crippen molar-refractivity contribution < 1.29 is 9.47 Å². The highest BCUT2D eigenvalue weighted by Crippen LogP contribution is 2.55. The number of thioether (sulfide) groups is 1. The SMILES string of the molecule is NC1=N[C@]2(CS1)c1cc(-c3cncnc3)ccc1O[C@H]1CC[C@H](OCC3CC3)C[C@@H]12. The second-order valence-corrected chi connectivity index (χ2v) is 9.97. The van der Waals surface area contributed by atoms with Crippen molar-refractivity contribution in [2.24, 2.45) is 22.6 Å². The number of nitrogens with two attached hydrogens (primary N) is 1. The van der Waals surface area contributed by atoms with E-state index in [1.54, 1.807) is 18.1 Å². The van der Waals surface area contributed by atoms with Gasteiger partial charge < -0.3 is 15.2 Å². The molecule has 0 saturated heterocycles. The molecule has 1 aromatic heterocycles. The number of ether oxygens (including phenoxy) is 2. The van der Waals surface area contributed by atoms with Crippen molar-refractivity contribution in [1.29, 1.82) is 0 Å². The lowest BCUT2D eigenvalue weighted by Crippen LogP contribution is -2.51. The van der Waals surface area contributed by atoms with Gasteiger partial charge in [-0.15, -0.1) is 0 Å². The van der Waals surface area contributed by atoms with E-state index >= 15 is 0 Å². The Labute approximate surface area is 180 Å². The van der Waals surface area contributed by atoms with Gasteiger partial charge in [-0.1, -0.05) is 17.8 Å². The summed E-state index contributed by atoms with van der Waals surface area (Å²) in [5, 5.41) is 0.677. The first-order valence-electron chi connectivity index (χ1n) is 10.9. The summed E-state index contributed by atoms with van der Waals surface area (Å²) in [5.41, 5.74) is 9.10. The molecular formula is C23H26N4O2S. The van der Waals surface area contributed by atoms with Crippen LogP contribution in [0, 0.1) is 11.8 Å². The lowest BCUT2D eigenvalue weighted by molar-refractivity contribution is -0.0564. The van der Waals surface area contributed by atoms with Crippen LogP contribution in [0.1, 0.15) is 37.7 Å². The molecule has 2 N–H and O–H groups in total. The maximum atomic E-state index is 6.53.